The average Bonchev–Trinajstić information content (AvgIpc) is 2.57. The molecule has 0 atom stereocenters. The van der Waals surface area contributed by atoms with Gasteiger partial charge in [0.15, 0.2) is 0 Å². The molecule has 1 aromatic rings. The highest BCUT2D eigenvalue weighted by molar-refractivity contribution is 5.97. The Bertz CT molecular complexity index is 666. The Morgan fingerprint density at radius 2 is 1.42 bits per heavy atom. The Kier molecular flexibility index (Phi) is 4.97. The molecule has 1 aliphatic carbocycles. The summed E-state index contributed by atoms with van der Waals surface area (Å²) in [6.07, 6.45) is 5.19. The molecular formula is C20H24O4. The summed E-state index contributed by atoms with van der Waals surface area (Å²) in [5.74, 6) is -2.09. The highest BCUT2D eigenvalue weighted by atomic mass is 16.4. The van der Waals surface area contributed by atoms with Crippen LogP contribution in [-0.4, -0.2) is 22.2 Å². The Hall–Kier alpha value is -2.36. The molecule has 4 nitrogen and oxygen atoms in total. The monoisotopic (exact) mass is 328 g/mol. The maximum absolute atomic E-state index is 11.9. The Morgan fingerprint density at radius 3 is 1.79 bits per heavy atom. The van der Waals surface area contributed by atoms with E-state index in [1.807, 2.05) is 44.2 Å². The van der Waals surface area contributed by atoms with E-state index in [4.69, 9.17) is 0 Å². The summed E-state index contributed by atoms with van der Waals surface area (Å²) in [6.45, 7) is 5.49. The van der Waals surface area contributed by atoms with Gasteiger partial charge in [0.05, 0.1) is 0 Å². The molecule has 24 heavy (non-hydrogen) atoms. The molecule has 0 spiro atoms. The van der Waals surface area contributed by atoms with Crippen molar-refractivity contribution in [2.75, 3.05) is 0 Å². The van der Waals surface area contributed by atoms with Gasteiger partial charge in [-0.1, -0.05) is 63.3 Å². The standard InChI is InChI=1S/C20H24O4/c1-4-19(3)15(17(21)22)12-20(5-2,13-16(19)18(23)24)11-14-9-7-6-8-10-14/h6-10,12-13H,4-5,11H2,1-3H3,(H,21,22)(H,23,24). The normalized spacial score (nSPS) is 26.5. The molecule has 0 unspecified atom stereocenters. The number of carboxylic acid groups (broad SMARTS) is 2. The van der Waals surface area contributed by atoms with Gasteiger partial charge < -0.3 is 10.2 Å². The largest absolute Gasteiger partial charge is 0.478 e. The van der Waals surface area contributed by atoms with Crippen molar-refractivity contribution in [1.82, 2.24) is 0 Å². The summed E-state index contributed by atoms with van der Waals surface area (Å²) >= 11 is 0. The molecule has 0 bridgehead atoms. The van der Waals surface area contributed by atoms with Crippen LogP contribution < -0.4 is 0 Å². The molecule has 128 valence electrons. The van der Waals surface area contributed by atoms with Crippen LogP contribution in [0.4, 0.5) is 0 Å². The lowest BCUT2D eigenvalue weighted by Gasteiger charge is -2.40. The van der Waals surface area contributed by atoms with Crippen LogP contribution in [0.1, 0.15) is 39.2 Å². The van der Waals surface area contributed by atoms with Gasteiger partial charge in [-0.15, -0.1) is 0 Å². The van der Waals surface area contributed by atoms with E-state index in [-0.39, 0.29) is 11.1 Å². The number of carboxylic acids is 2. The molecule has 0 fully saturated rings. The Balaban J connectivity index is 2.62. The number of benzene rings is 1. The third kappa shape index (κ3) is 3.14. The van der Waals surface area contributed by atoms with Crippen molar-refractivity contribution in [3.8, 4) is 0 Å². The molecule has 1 aliphatic rings. The molecule has 0 aromatic heterocycles. The number of rotatable bonds is 6. The first-order chi connectivity index (χ1) is 11.3. The van der Waals surface area contributed by atoms with E-state index in [0.29, 0.717) is 19.3 Å². The maximum atomic E-state index is 11.9. The van der Waals surface area contributed by atoms with Crippen LogP contribution in [0.2, 0.25) is 0 Å². The molecular weight excluding hydrogens is 304 g/mol. The molecule has 0 saturated carbocycles. The van der Waals surface area contributed by atoms with Crippen LogP contribution in [-0.2, 0) is 16.0 Å². The fraction of sp³-hybridized carbons (Fsp3) is 0.400. The SMILES string of the molecule is CCC1(Cc2ccccc2)C=C(C(=O)O)C(C)(CC)C(C(=O)O)=C1. The lowest BCUT2D eigenvalue weighted by molar-refractivity contribution is -0.135. The van der Waals surface area contributed by atoms with Gasteiger partial charge in [-0.25, -0.2) is 9.59 Å². The quantitative estimate of drug-likeness (QED) is 0.825. The zero-order valence-electron chi connectivity index (χ0n) is 14.4. The molecule has 4 heteroatoms. The molecule has 2 N–H and O–H groups in total. The molecule has 0 saturated heterocycles. The highest BCUT2D eigenvalue weighted by Gasteiger charge is 2.45. The molecule has 2 rings (SSSR count). The van der Waals surface area contributed by atoms with Crippen molar-refractivity contribution in [3.05, 3.63) is 59.2 Å². The number of allylic oxidation sites excluding steroid dienone is 2. The lowest BCUT2D eigenvalue weighted by Crippen LogP contribution is -2.37. The summed E-state index contributed by atoms with van der Waals surface area (Å²) in [7, 11) is 0. The lowest BCUT2D eigenvalue weighted by atomic mass is 9.62. The molecule has 0 radical (unpaired) electrons. The first kappa shape index (κ1) is 18.0. The van der Waals surface area contributed by atoms with Gasteiger partial charge in [-0.3, -0.25) is 0 Å². The second-order valence-corrected chi connectivity index (χ2v) is 6.66. The first-order valence-corrected chi connectivity index (χ1v) is 8.25. The van der Waals surface area contributed by atoms with E-state index in [1.165, 1.54) is 0 Å². The van der Waals surface area contributed by atoms with Crippen LogP contribution >= 0.6 is 0 Å². The maximum Gasteiger partial charge on any atom is 0.332 e. The Labute approximate surface area is 142 Å². The van der Waals surface area contributed by atoms with Crippen molar-refractivity contribution in [2.24, 2.45) is 10.8 Å². The van der Waals surface area contributed by atoms with Crippen molar-refractivity contribution in [2.45, 2.75) is 40.0 Å². The summed E-state index contributed by atoms with van der Waals surface area (Å²) in [6, 6.07) is 9.75. The van der Waals surface area contributed by atoms with Crippen LogP contribution in [0.3, 0.4) is 0 Å². The van der Waals surface area contributed by atoms with E-state index >= 15 is 0 Å². The second-order valence-electron chi connectivity index (χ2n) is 6.66. The minimum atomic E-state index is -1.04. The van der Waals surface area contributed by atoms with E-state index in [9.17, 15) is 19.8 Å². The summed E-state index contributed by atoms with van der Waals surface area (Å²) in [5, 5.41) is 19.4. The van der Waals surface area contributed by atoms with Crippen molar-refractivity contribution in [3.63, 3.8) is 0 Å². The predicted molar refractivity (Wildman–Crippen MR) is 92.7 cm³/mol. The topological polar surface area (TPSA) is 74.6 Å². The zero-order chi connectivity index (χ0) is 18.0. The minimum Gasteiger partial charge on any atom is -0.478 e. The number of hydrogen-bond donors (Lipinski definition) is 2. The minimum absolute atomic E-state index is 0.183. The summed E-state index contributed by atoms with van der Waals surface area (Å²) < 4.78 is 0. The van der Waals surface area contributed by atoms with Crippen molar-refractivity contribution < 1.29 is 19.8 Å². The third-order valence-corrected chi connectivity index (χ3v) is 5.25. The van der Waals surface area contributed by atoms with Gasteiger partial charge in [-0.2, -0.15) is 0 Å². The fourth-order valence-electron chi connectivity index (χ4n) is 3.46. The van der Waals surface area contributed by atoms with Gasteiger partial charge >= 0.3 is 11.9 Å². The van der Waals surface area contributed by atoms with E-state index in [1.54, 1.807) is 19.1 Å². The number of hydrogen-bond acceptors (Lipinski definition) is 2. The van der Waals surface area contributed by atoms with Crippen molar-refractivity contribution >= 4 is 11.9 Å². The molecule has 0 amide bonds. The van der Waals surface area contributed by atoms with Crippen LogP contribution in [0, 0.1) is 10.8 Å². The van der Waals surface area contributed by atoms with Gasteiger partial charge in [0.25, 0.3) is 0 Å². The summed E-state index contributed by atoms with van der Waals surface area (Å²) in [4.78, 5) is 23.7. The van der Waals surface area contributed by atoms with Crippen LogP contribution in [0.5, 0.6) is 0 Å². The van der Waals surface area contributed by atoms with Gasteiger partial charge in [0.2, 0.25) is 0 Å². The smallest absolute Gasteiger partial charge is 0.332 e. The van der Waals surface area contributed by atoms with E-state index in [0.717, 1.165) is 5.56 Å². The third-order valence-electron chi connectivity index (χ3n) is 5.25. The summed E-state index contributed by atoms with van der Waals surface area (Å²) in [5.41, 5.74) is -0.156. The molecule has 0 heterocycles. The van der Waals surface area contributed by atoms with E-state index < -0.39 is 22.8 Å². The average molecular weight is 328 g/mol. The van der Waals surface area contributed by atoms with Crippen molar-refractivity contribution in [1.29, 1.82) is 0 Å². The van der Waals surface area contributed by atoms with Gasteiger partial charge in [-0.05, 0) is 24.8 Å². The second kappa shape index (κ2) is 6.63. The molecule has 1 aromatic carbocycles. The fourth-order valence-corrected chi connectivity index (χ4v) is 3.46. The predicted octanol–water partition coefficient (Wildman–Crippen LogP) is 4.08. The van der Waals surface area contributed by atoms with Crippen LogP contribution in [0.25, 0.3) is 0 Å². The zero-order valence-corrected chi connectivity index (χ0v) is 14.4. The van der Waals surface area contributed by atoms with Gasteiger partial charge in [0.1, 0.15) is 0 Å². The van der Waals surface area contributed by atoms with Gasteiger partial charge in [0, 0.05) is 22.0 Å². The number of aliphatic carboxylic acids is 2. The number of carbonyl (C=O) groups is 2. The van der Waals surface area contributed by atoms with Crippen LogP contribution in [0.15, 0.2) is 53.6 Å². The Morgan fingerprint density at radius 1 is 0.917 bits per heavy atom. The highest BCUT2D eigenvalue weighted by Crippen LogP contribution is 2.49. The molecule has 0 aliphatic heterocycles. The first-order valence-electron chi connectivity index (χ1n) is 8.25. The van der Waals surface area contributed by atoms with E-state index in [2.05, 4.69) is 0 Å².